The number of benzene rings is 2. The Labute approximate surface area is 141 Å². The number of carbonyl (C=O) groups is 1. The van der Waals surface area contributed by atoms with Crippen LogP contribution in [0.3, 0.4) is 0 Å². The minimum Gasteiger partial charge on any atom is -0.489 e. The highest BCUT2D eigenvalue weighted by Gasteiger charge is 2.25. The van der Waals surface area contributed by atoms with Gasteiger partial charge in [0.2, 0.25) is 5.91 Å². The molecule has 0 radical (unpaired) electrons. The van der Waals surface area contributed by atoms with E-state index in [2.05, 4.69) is 4.90 Å². The molecule has 1 heterocycles. The Morgan fingerprint density at radius 3 is 2.48 bits per heavy atom. The summed E-state index contributed by atoms with van der Waals surface area (Å²) in [7, 11) is 0. The molecule has 1 saturated heterocycles. The Bertz CT molecular complexity index is 676. The van der Waals surface area contributed by atoms with Gasteiger partial charge >= 0.3 is 0 Å². The van der Waals surface area contributed by atoms with E-state index in [1.165, 1.54) is 0 Å². The van der Waals surface area contributed by atoms with Gasteiger partial charge in [0.1, 0.15) is 11.9 Å². The van der Waals surface area contributed by atoms with Crippen molar-refractivity contribution in [3.63, 3.8) is 0 Å². The number of ether oxygens (including phenoxy) is 1. The summed E-state index contributed by atoms with van der Waals surface area (Å²) >= 11 is 0. The van der Waals surface area contributed by atoms with Crippen molar-refractivity contribution in [3.8, 4) is 5.75 Å². The van der Waals surface area contributed by atoms with Gasteiger partial charge in [-0.05, 0) is 36.4 Å². The maximum atomic E-state index is 11.1. The first-order valence-corrected chi connectivity index (χ1v) is 7.29. The van der Waals surface area contributed by atoms with E-state index in [1.807, 2.05) is 24.3 Å². The van der Waals surface area contributed by atoms with E-state index in [-0.39, 0.29) is 18.5 Å². The molecule has 122 valence electrons. The number of primary amides is 1. The summed E-state index contributed by atoms with van der Waals surface area (Å²) in [6.07, 6.45) is 1.05. The van der Waals surface area contributed by atoms with E-state index in [4.69, 9.17) is 16.2 Å². The summed E-state index contributed by atoms with van der Waals surface area (Å²) in [4.78, 5) is 13.3. The minimum atomic E-state index is -0.432. The van der Waals surface area contributed by atoms with Crippen LogP contribution in [0.2, 0.25) is 0 Å². The maximum absolute atomic E-state index is 11.1. The topological polar surface area (TPSA) is 81.6 Å². The van der Waals surface area contributed by atoms with Crippen molar-refractivity contribution in [1.82, 2.24) is 0 Å². The van der Waals surface area contributed by atoms with E-state index in [1.54, 1.807) is 24.3 Å². The summed E-state index contributed by atoms with van der Waals surface area (Å²) < 4.78 is 5.97. The molecular formula is C17H20ClN3O2. The van der Waals surface area contributed by atoms with Crippen LogP contribution >= 0.6 is 12.4 Å². The first-order valence-electron chi connectivity index (χ1n) is 7.29. The Hall–Kier alpha value is -2.40. The lowest BCUT2D eigenvalue weighted by Gasteiger charge is -2.20. The van der Waals surface area contributed by atoms with Crippen LogP contribution in [0, 0.1) is 0 Å². The van der Waals surface area contributed by atoms with Gasteiger partial charge in [0.05, 0.1) is 17.9 Å². The fourth-order valence-electron chi connectivity index (χ4n) is 2.71. The van der Waals surface area contributed by atoms with E-state index >= 15 is 0 Å². The largest absolute Gasteiger partial charge is 0.489 e. The molecule has 4 N–H and O–H groups in total. The minimum absolute atomic E-state index is 0. The molecular weight excluding hydrogens is 314 g/mol. The van der Waals surface area contributed by atoms with Gasteiger partial charge in [-0.25, -0.2) is 0 Å². The van der Waals surface area contributed by atoms with E-state index in [9.17, 15) is 4.79 Å². The molecule has 2 aromatic carbocycles. The Morgan fingerprint density at radius 2 is 1.83 bits per heavy atom. The van der Waals surface area contributed by atoms with Crippen LogP contribution in [0.15, 0.2) is 48.5 Å². The molecule has 2 aromatic rings. The zero-order valence-electron chi connectivity index (χ0n) is 12.6. The Morgan fingerprint density at radius 1 is 1.13 bits per heavy atom. The predicted molar refractivity (Wildman–Crippen MR) is 94.3 cm³/mol. The number of amides is 1. The summed E-state index contributed by atoms with van der Waals surface area (Å²) in [5, 5.41) is 0. The molecule has 1 fully saturated rings. The monoisotopic (exact) mass is 333 g/mol. The molecule has 0 saturated carbocycles. The second-order valence-electron chi connectivity index (χ2n) is 5.42. The number of hydrogen-bond donors (Lipinski definition) is 2. The van der Waals surface area contributed by atoms with E-state index in [0.29, 0.717) is 5.56 Å². The first-order chi connectivity index (χ1) is 10.6. The number of nitrogen functional groups attached to an aromatic ring is 1. The third kappa shape index (κ3) is 3.87. The van der Waals surface area contributed by atoms with Crippen LogP contribution in [0.5, 0.6) is 5.75 Å². The molecule has 5 nitrogen and oxygen atoms in total. The molecule has 1 aliphatic rings. The van der Waals surface area contributed by atoms with Gasteiger partial charge in [-0.1, -0.05) is 12.1 Å². The van der Waals surface area contributed by atoms with Crippen molar-refractivity contribution in [2.75, 3.05) is 23.7 Å². The van der Waals surface area contributed by atoms with Gasteiger partial charge in [-0.2, -0.15) is 0 Å². The van der Waals surface area contributed by atoms with Gasteiger partial charge in [0.15, 0.2) is 0 Å². The zero-order chi connectivity index (χ0) is 15.5. The first kappa shape index (κ1) is 17.0. The average molecular weight is 334 g/mol. The van der Waals surface area contributed by atoms with Gasteiger partial charge in [-0.15, -0.1) is 12.4 Å². The van der Waals surface area contributed by atoms with Gasteiger partial charge in [-0.3, -0.25) is 4.79 Å². The number of hydrogen-bond acceptors (Lipinski definition) is 4. The van der Waals surface area contributed by atoms with Crippen LogP contribution in [0.1, 0.15) is 16.8 Å². The molecule has 0 unspecified atom stereocenters. The fourth-order valence-corrected chi connectivity index (χ4v) is 2.71. The quantitative estimate of drug-likeness (QED) is 0.842. The average Bonchev–Trinajstić information content (AvgIpc) is 2.96. The van der Waals surface area contributed by atoms with Gasteiger partial charge in [0.25, 0.3) is 0 Å². The third-order valence-corrected chi connectivity index (χ3v) is 3.86. The molecule has 1 atom stereocenters. The maximum Gasteiger partial charge on any atom is 0.248 e. The van der Waals surface area contributed by atoms with Crippen LogP contribution in [-0.2, 0) is 0 Å². The van der Waals surface area contributed by atoms with Crippen molar-refractivity contribution in [3.05, 3.63) is 54.1 Å². The van der Waals surface area contributed by atoms with Gasteiger partial charge < -0.3 is 21.1 Å². The van der Waals surface area contributed by atoms with E-state index < -0.39 is 5.91 Å². The number of nitrogens with two attached hydrogens (primary N) is 2. The summed E-state index contributed by atoms with van der Waals surface area (Å²) in [6.45, 7) is 1.71. The lowest BCUT2D eigenvalue weighted by atomic mass is 10.2. The molecule has 3 rings (SSSR count). The fraction of sp³-hybridized carbons (Fsp3) is 0.235. The molecule has 1 amide bonds. The lowest BCUT2D eigenvalue weighted by molar-refractivity contribution is 0.1000. The highest BCUT2D eigenvalue weighted by atomic mass is 35.5. The number of rotatable bonds is 4. The smallest absolute Gasteiger partial charge is 0.248 e. The lowest BCUT2D eigenvalue weighted by Crippen LogP contribution is -2.25. The summed E-state index contributed by atoms with van der Waals surface area (Å²) in [6, 6.07) is 14.8. The molecule has 0 spiro atoms. The zero-order valence-corrected chi connectivity index (χ0v) is 13.5. The third-order valence-electron chi connectivity index (χ3n) is 3.86. The van der Waals surface area contributed by atoms with Crippen LogP contribution in [-0.4, -0.2) is 25.1 Å². The normalized spacial score (nSPS) is 16.7. The second-order valence-corrected chi connectivity index (χ2v) is 5.42. The SMILES string of the molecule is Cl.NC(=O)c1ccc(O[C@@H]2CCN(c3ccccc3N)C2)cc1. The van der Waals surface area contributed by atoms with Crippen molar-refractivity contribution in [2.45, 2.75) is 12.5 Å². The second kappa shape index (κ2) is 7.24. The number of halogens is 1. The van der Waals surface area contributed by atoms with Crippen molar-refractivity contribution in [2.24, 2.45) is 5.73 Å². The highest BCUT2D eigenvalue weighted by molar-refractivity contribution is 5.92. The molecule has 6 heteroatoms. The number of para-hydroxylation sites is 2. The molecule has 0 aliphatic carbocycles. The molecule has 1 aliphatic heterocycles. The number of carbonyl (C=O) groups excluding carboxylic acids is 1. The standard InChI is InChI=1S/C17H19N3O2.ClH/c18-15-3-1-2-4-16(15)20-10-9-14(11-20)22-13-7-5-12(6-8-13)17(19)21;/h1-8,14H,9-11,18H2,(H2,19,21);1H/t14-;/m1./s1. The van der Waals surface area contributed by atoms with Crippen LogP contribution in [0.25, 0.3) is 0 Å². The summed E-state index contributed by atoms with van der Waals surface area (Å²) in [5.41, 5.74) is 13.6. The van der Waals surface area contributed by atoms with Gasteiger partial charge in [0, 0.05) is 18.5 Å². The van der Waals surface area contributed by atoms with Crippen LogP contribution in [0.4, 0.5) is 11.4 Å². The predicted octanol–water partition coefficient (Wildman–Crippen LogP) is 2.45. The number of anilines is 2. The highest BCUT2D eigenvalue weighted by Crippen LogP contribution is 2.28. The molecule has 0 aromatic heterocycles. The Balaban J connectivity index is 0.00000192. The molecule has 0 bridgehead atoms. The summed E-state index contributed by atoms with van der Waals surface area (Å²) in [5.74, 6) is 0.316. The Kier molecular flexibility index (Phi) is 5.34. The van der Waals surface area contributed by atoms with Crippen molar-refractivity contribution >= 4 is 29.7 Å². The van der Waals surface area contributed by atoms with Crippen molar-refractivity contribution < 1.29 is 9.53 Å². The van der Waals surface area contributed by atoms with Crippen molar-refractivity contribution in [1.29, 1.82) is 0 Å². The van der Waals surface area contributed by atoms with Crippen LogP contribution < -0.4 is 21.1 Å². The number of nitrogens with zero attached hydrogens (tertiary/aromatic N) is 1. The van der Waals surface area contributed by atoms with E-state index in [0.717, 1.165) is 36.6 Å². The molecule has 23 heavy (non-hydrogen) atoms.